The van der Waals surface area contributed by atoms with Crippen molar-refractivity contribution in [3.8, 4) is 0 Å². The molecule has 0 bridgehead atoms. The van der Waals surface area contributed by atoms with Crippen LogP contribution in [0.5, 0.6) is 0 Å². The third-order valence-corrected chi connectivity index (χ3v) is 4.15. The van der Waals surface area contributed by atoms with Crippen LogP contribution in [0.15, 0.2) is 11.1 Å². The number of hydrogen-bond donors (Lipinski definition) is 0. The largest absolute Gasteiger partial charge is 0.291 e. The van der Waals surface area contributed by atoms with Gasteiger partial charge in [-0.15, -0.1) is 10.2 Å². The normalized spacial score (nSPS) is 10.7. The molecule has 2 rings (SSSR count). The van der Waals surface area contributed by atoms with E-state index in [0.29, 0.717) is 19.6 Å². The van der Waals surface area contributed by atoms with Crippen LogP contribution in [0, 0.1) is 10.5 Å². The van der Waals surface area contributed by atoms with Crippen LogP contribution < -0.4 is 5.56 Å². The van der Waals surface area contributed by atoms with Crippen molar-refractivity contribution in [3.63, 3.8) is 0 Å². The van der Waals surface area contributed by atoms with Crippen molar-refractivity contribution in [1.82, 2.24) is 19.7 Å². The highest BCUT2D eigenvalue weighted by Gasteiger charge is 2.08. The third-order valence-electron chi connectivity index (χ3n) is 1.90. The van der Waals surface area contributed by atoms with Crippen LogP contribution in [-0.2, 0) is 6.54 Å². The van der Waals surface area contributed by atoms with Crippen molar-refractivity contribution in [2.45, 2.75) is 13.5 Å². The Bertz CT molecular complexity index is 582. The molecule has 8 heteroatoms. The van der Waals surface area contributed by atoms with Crippen LogP contribution in [0.1, 0.15) is 10.7 Å². The molecule has 0 atom stereocenters. The zero-order valence-corrected chi connectivity index (χ0v) is 11.9. The summed E-state index contributed by atoms with van der Waals surface area (Å²) in [5.74, 6) is 0. The van der Waals surface area contributed by atoms with Gasteiger partial charge in [0.25, 0.3) is 5.56 Å². The van der Waals surface area contributed by atoms with Gasteiger partial charge in [-0.2, -0.15) is 0 Å². The quantitative estimate of drug-likeness (QED) is 0.757. The second-order valence-electron chi connectivity index (χ2n) is 3.03. The summed E-state index contributed by atoms with van der Waals surface area (Å²) < 4.78 is 2.49. The first-order valence-electron chi connectivity index (χ1n) is 4.27. The average molecular weight is 369 g/mol. The Morgan fingerprint density at radius 3 is 2.94 bits per heavy atom. The lowest BCUT2D eigenvalue weighted by Gasteiger charge is -2.03. The molecule has 0 unspecified atom stereocenters. The lowest BCUT2D eigenvalue weighted by atomic mass is 10.4. The molecule has 0 aliphatic heterocycles. The van der Waals surface area contributed by atoms with Crippen LogP contribution in [-0.4, -0.2) is 19.7 Å². The summed E-state index contributed by atoms with van der Waals surface area (Å²) in [6, 6.07) is 0. The van der Waals surface area contributed by atoms with Crippen LogP contribution in [0.2, 0.25) is 4.47 Å². The number of rotatable bonds is 2. The molecule has 0 aromatic carbocycles. The molecule has 2 aromatic heterocycles. The van der Waals surface area contributed by atoms with E-state index in [-0.39, 0.29) is 5.56 Å². The van der Waals surface area contributed by atoms with Gasteiger partial charge in [0.1, 0.15) is 5.01 Å². The lowest BCUT2D eigenvalue weighted by molar-refractivity contribution is 0.712. The van der Waals surface area contributed by atoms with E-state index in [0.717, 1.165) is 5.69 Å². The molecule has 5 nitrogen and oxygen atoms in total. The highest BCUT2D eigenvalue weighted by molar-refractivity contribution is 14.1. The summed E-state index contributed by atoms with van der Waals surface area (Å²) >= 11 is 8.91. The van der Waals surface area contributed by atoms with Crippen LogP contribution in [0.25, 0.3) is 0 Å². The molecule has 0 saturated carbocycles. The van der Waals surface area contributed by atoms with Crippen LogP contribution >= 0.6 is 45.5 Å². The van der Waals surface area contributed by atoms with E-state index in [4.69, 9.17) is 11.6 Å². The highest BCUT2D eigenvalue weighted by Crippen LogP contribution is 2.15. The second-order valence-corrected chi connectivity index (χ2v) is 5.75. The monoisotopic (exact) mass is 368 g/mol. The van der Waals surface area contributed by atoms with Gasteiger partial charge in [0.15, 0.2) is 0 Å². The molecule has 0 saturated heterocycles. The van der Waals surface area contributed by atoms with E-state index in [1.807, 2.05) is 22.6 Å². The highest BCUT2D eigenvalue weighted by atomic mass is 127. The number of aromatic nitrogens is 4. The van der Waals surface area contributed by atoms with Crippen molar-refractivity contribution in [3.05, 3.63) is 35.4 Å². The average Bonchev–Trinajstić information content (AvgIpc) is 2.65. The van der Waals surface area contributed by atoms with Gasteiger partial charge >= 0.3 is 0 Å². The van der Waals surface area contributed by atoms with E-state index < -0.39 is 0 Å². The van der Waals surface area contributed by atoms with E-state index in [1.165, 1.54) is 22.2 Å². The third kappa shape index (κ3) is 2.41. The van der Waals surface area contributed by atoms with Gasteiger partial charge in [0, 0.05) is 0 Å². The van der Waals surface area contributed by atoms with Gasteiger partial charge in [-0.25, -0.2) is 4.98 Å². The minimum Gasteiger partial charge on any atom is -0.291 e. The SMILES string of the molecule is Cc1ncn(Cc2nnc(Cl)s2)c(=O)c1I. The molecule has 2 aromatic rings. The molecule has 0 aliphatic rings. The summed E-state index contributed by atoms with van der Waals surface area (Å²) in [4.78, 5) is 16.0. The summed E-state index contributed by atoms with van der Waals surface area (Å²) in [6.45, 7) is 2.15. The molecule has 0 amide bonds. The summed E-state index contributed by atoms with van der Waals surface area (Å²) in [5, 5.41) is 8.22. The molecule has 84 valence electrons. The van der Waals surface area contributed by atoms with E-state index in [1.54, 1.807) is 6.92 Å². The van der Waals surface area contributed by atoms with Crippen molar-refractivity contribution < 1.29 is 0 Å². The summed E-state index contributed by atoms with van der Waals surface area (Å²) in [5.41, 5.74) is 0.663. The molecule has 2 heterocycles. The molecule has 0 spiro atoms. The van der Waals surface area contributed by atoms with Crippen LogP contribution in [0.3, 0.4) is 0 Å². The molecule has 0 N–H and O–H groups in total. The van der Waals surface area contributed by atoms with Crippen molar-refractivity contribution in [2.24, 2.45) is 0 Å². The van der Waals surface area contributed by atoms with E-state index >= 15 is 0 Å². The fourth-order valence-electron chi connectivity index (χ4n) is 1.10. The minimum absolute atomic E-state index is 0.0700. The fraction of sp³-hybridized carbons (Fsp3) is 0.250. The molecule has 16 heavy (non-hydrogen) atoms. The molecule has 0 fully saturated rings. The van der Waals surface area contributed by atoms with E-state index in [9.17, 15) is 4.79 Å². The van der Waals surface area contributed by atoms with Gasteiger partial charge in [0.2, 0.25) is 4.47 Å². The van der Waals surface area contributed by atoms with E-state index in [2.05, 4.69) is 15.2 Å². The number of hydrogen-bond acceptors (Lipinski definition) is 5. The van der Waals surface area contributed by atoms with Gasteiger partial charge in [-0.1, -0.05) is 11.3 Å². The first kappa shape index (κ1) is 11.9. The zero-order valence-electron chi connectivity index (χ0n) is 8.15. The second kappa shape index (κ2) is 4.76. The fourth-order valence-corrected chi connectivity index (χ4v) is 2.42. The maximum absolute atomic E-state index is 11.8. The Labute approximate surface area is 114 Å². The molecular weight excluding hydrogens is 363 g/mol. The summed E-state index contributed by atoms with van der Waals surface area (Å²) in [7, 11) is 0. The van der Waals surface area contributed by atoms with Gasteiger partial charge in [-0.05, 0) is 41.1 Å². The summed E-state index contributed by atoms with van der Waals surface area (Å²) in [6.07, 6.45) is 1.51. The smallest absolute Gasteiger partial charge is 0.267 e. The predicted molar refractivity (Wildman–Crippen MR) is 70.0 cm³/mol. The molecule has 0 aliphatic carbocycles. The minimum atomic E-state index is -0.0700. The van der Waals surface area contributed by atoms with Crippen molar-refractivity contribution in [1.29, 1.82) is 0 Å². The zero-order chi connectivity index (χ0) is 11.7. The Kier molecular flexibility index (Phi) is 3.55. The van der Waals surface area contributed by atoms with Gasteiger partial charge in [-0.3, -0.25) is 9.36 Å². The maximum Gasteiger partial charge on any atom is 0.267 e. The Morgan fingerprint density at radius 2 is 2.31 bits per heavy atom. The Balaban J connectivity index is 2.36. The Hall–Kier alpha value is -0.540. The number of nitrogens with zero attached hydrogens (tertiary/aromatic N) is 4. The van der Waals surface area contributed by atoms with Crippen molar-refractivity contribution in [2.75, 3.05) is 0 Å². The lowest BCUT2D eigenvalue weighted by Crippen LogP contribution is -2.24. The van der Waals surface area contributed by atoms with Crippen LogP contribution in [0.4, 0.5) is 0 Å². The standard InChI is InChI=1S/C8H6ClIN4OS/c1-4-6(10)7(15)14(3-11-4)2-5-12-13-8(9)16-5/h3H,2H2,1H3. The van der Waals surface area contributed by atoms with Gasteiger partial charge in [0.05, 0.1) is 22.1 Å². The van der Waals surface area contributed by atoms with Crippen molar-refractivity contribution >= 4 is 45.5 Å². The van der Waals surface area contributed by atoms with Gasteiger partial charge < -0.3 is 0 Å². The Morgan fingerprint density at radius 1 is 1.56 bits per heavy atom. The number of halogens is 2. The predicted octanol–water partition coefficient (Wildman–Crippen LogP) is 1.71. The topological polar surface area (TPSA) is 60.7 Å². The maximum atomic E-state index is 11.8. The first-order chi connectivity index (χ1) is 7.58. The molecular formula is C8H6ClIN4OS. The first-order valence-corrected chi connectivity index (χ1v) is 6.54. The molecule has 0 radical (unpaired) electrons. The number of aryl methyl sites for hydroxylation is 1.